The van der Waals surface area contributed by atoms with Gasteiger partial charge < -0.3 is 15.1 Å². The minimum absolute atomic E-state index is 0.154. The number of phenols is 1. The second kappa shape index (κ2) is 7.82. The van der Waals surface area contributed by atoms with Crippen LogP contribution in [0.3, 0.4) is 0 Å². The van der Waals surface area contributed by atoms with Crippen LogP contribution in [0.25, 0.3) is 0 Å². The molecule has 1 atom stereocenters. The third-order valence-corrected chi connectivity index (χ3v) is 5.06. The number of rotatable bonds is 6. The van der Waals surface area contributed by atoms with Gasteiger partial charge in [-0.3, -0.25) is 0 Å². The van der Waals surface area contributed by atoms with Gasteiger partial charge >= 0.3 is 0 Å². The monoisotopic (exact) mass is 325 g/mol. The number of hydrogen-bond donors (Lipinski definition) is 2. The molecule has 1 aliphatic rings. The van der Waals surface area contributed by atoms with E-state index in [0.717, 1.165) is 18.5 Å². The lowest BCUT2D eigenvalue weighted by atomic mass is 9.82. The van der Waals surface area contributed by atoms with Gasteiger partial charge in [-0.1, -0.05) is 55.0 Å². The maximum Gasteiger partial charge on any atom is 0.122 e. The Labute approximate surface area is 144 Å². The van der Waals surface area contributed by atoms with Crippen molar-refractivity contribution in [1.82, 2.24) is 4.90 Å². The molecule has 0 aromatic heterocycles. The molecular formula is C21H27NO2. The molecule has 1 aliphatic heterocycles. The van der Waals surface area contributed by atoms with Crippen LogP contribution < -0.4 is 0 Å². The van der Waals surface area contributed by atoms with Gasteiger partial charge in [-0.25, -0.2) is 0 Å². The SMILES string of the molecule is Oc1ccccc1C(O)(CCCN1CCCCC1)c1ccccc1. The van der Waals surface area contributed by atoms with E-state index in [2.05, 4.69) is 4.90 Å². The second-order valence-electron chi connectivity index (χ2n) is 6.75. The highest BCUT2D eigenvalue weighted by Gasteiger charge is 2.33. The molecule has 2 aromatic carbocycles. The highest BCUT2D eigenvalue weighted by Crippen LogP contribution is 2.38. The van der Waals surface area contributed by atoms with Gasteiger partial charge in [0.15, 0.2) is 0 Å². The summed E-state index contributed by atoms with van der Waals surface area (Å²) in [5.41, 5.74) is 0.280. The molecule has 3 nitrogen and oxygen atoms in total. The molecule has 0 bridgehead atoms. The molecular weight excluding hydrogens is 298 g/mol. The molecule has 2 aromatic rings. The first-order valence-electron chi connectivity index (χ1n) is 8.99. The fourth-order valence-electron chi connectivity index (χ4n) is 3.71. The number of para-hydroxylation sites is 1. The minimum atomic E-state index is -1.15. The summed E-state index contributed by atoms with van der Waals surface area (Å²) in [6.45, 7) is 3.34. The van der Waals surface area contributed by atoms with Crippen LogP contribution in [0.2, 0.25) is 0 Å². The van der Waals surface area contributed by atoms with Crippen molar-refractivity contribution in [3.63, 3.8) is 0 Å². The summed E-state index contributed by atoms with van der Waals surface area (Å²) in [5, 5.41) is 21.8. The van der Waals surface area contributed by atoms with E-state index in [4.69, 9.17) is 0 Å². The maximum absolute atomic E-state index is 11.5. The molecule has 3 heteroatoms. The average Bonchev–Trinajstić information content (AvgIpc) is 2.63. The number of phenolic OH excluding ortho intramolecular Hbond substituents is 1. The Morgan fingerprint density at radius 2 is 1.54 bits per heavy atom. The lowest BCUT2D eigenvalue weighted by molar-refractivity contribution is 0.0614. The van der Waals surface area contributed by atoms with Crippen LogP contribution in [0.5, 0.6) is 5.75 Å². The van der Waals surface area contributed by atoms with E-state index in [1.807, 2.05) is 42.5 Å². The molecule has 3 rings (SSSR count). The largest absolute Gasteiger partial charge is 0.508 e. The van der Waals surface area contributed by atoms with Crippen molar-refractivity contribution >= 4 is 0 Å². The van der Waals surface area contributed by atoms with Gasteiger partial charge in [0, 0.05) is 5.56 Å². The fraction of sp³-hybridized carbons (Fsp3) is 0.429. The zero-order valence-electron chi connectivity index (χ0n) is 14.2. The van der Waals surface area contributed by atoms with E-state index >= 15 is 0 Å². The summed E-state index contributed by atoms with van der Waals surface area (Å²) in [6, 6.07) is 16.8. The van der Waals surface area contributed by atoms with Crippen LogP contribution in [0, 0.1) is 0 Å². The van der Waals surface area contributed by atoms with Crippen LogP contribution >= 0.6 is 0 Å². The molecule has 24 heavy (non-hydrogen) atoms. The fourth-order valence-corrected chi connectivity index (χ4v) is 3.71. The first kappa shape index (κ1) is 17.0. The zero-order valence-corrected chi connectivity index (χ0v) is 14.2. The summed E-state index contributed by atoms with van der Waals surface area (Å²) in [7, 11) is 0. The van der Waals surface area contributed by atoms with Crippen molar-refractivity contribution in [2.75, 3.05) is 19.6 Å². The number of likely N-dealkylation sites (tertiary alicyclic amines) is 1. The standard InChI is InChI=1S/C21H27NO2/c23-20-13-6-5-12-19(20)21(24,18-10-3-1-4-11-18)14-9-17-22-15-7-2-8-16-22/h1,3-6,10-13,23-24H,2,7-9,14-17H2. The Kier molecular flexibility index (Phi) is 5.54. The van der Waals surface area contributed by atoms with E-state index in [1.54, 1.807) is 12.1 Å². The number of nitrogens with zero attached hydrogens (tertiary/aromatic N) is 1. The van der Waals surface area contributed by atoms with Crippen LogP contribution in [0.1, 0.15) is 43.2 Å². The Balaban J connectivity index is 1.79. The quantitative estimate of drug-likeness (QED) is 0.847. The van der Waals surface area contributed by atoms with E-state index in [0.29, 0.717) is 12.0 Å². The van der Waals surface area contributed by atoms with Crippen molar-refractivity contribution in [2.45, 2.75) is 37.7 Å². The van der Waals surface area contributed by atoms with Gasteiger partial charge in [-0.05, 0) is 56.9 Å². The lowest BCUT2D eigenvalue weighted by Crippen LogP contribution is -2.33. The van der Waals surface area contributed by atoms with Gasteiger partial charge in [0.25, 0.3) is 0 Å². The summed E-state index contributed by atoms with van der Waals surface area (Å²) >= 11 is 0. The summed E-state index contributed by atoms with van der Waals surface area (Å²) in [5.74, 6) is 0.154. The van der Waals surface area contributed by atoms with E-state index < -0.39 is 5.60 Å². The molecule has 0 aliphatic carbocycles. The third-order valence-electron chi connectivity index (χ3n) is 5.06. The molecule has 0 amide bonds. The molecule has 1 heterocycles. The van der Waals surface area contributed by atoms with Crippen molar-refractivity contribution in [2.24, 2.45) is 0 Å². The lowest BCUT2D eigenvalue weighted by Gasteiger charge is -2.32. The normalized spacial score (nSPS) is 18.2. The van der Waals surface area contributed by atoms with Gasteiger partial charge in [-0.2, -0.15) is 0 Å². The topological polar surface area (TPSA) is 43.7 Å². The van der Waals surface area contributed by atoms with Crippen LogP contribution in [0.4, 0.5) is 0 Å². The van der Waals surface area contributed by atoms with Gasteiger partial charge in [0.2, 0.25) is 0 Å². The molecule has 2 N–H and O–H groups in total. The van der Waals surface area contributed by atoms with Crippen molar-refractivity contribution < 1.29 is 10.2 Å². The summed E-state index contributed by atoms with van der Waals surface area (Å²) < 4.78 is 0. The predicted molar refractivity (Wildman–Crippen MR) is 97.1 cm³/mol. The van der Waals surface area contributed by atoms with Crippen LogP contribution in [-0.4, -0.2) is 34.7 Å². The molecule has 128 valence electrons. The molecule has 1 saturated heterocycles. The van der Waals surface area contributed by atoms with Crippen LogP contribution in [-0.2, 0) is 5.60 Å². The van der Waals surface area contributed by atoms with Gasteiger partial charge in [-0.15, -0.1) is 0 Å². The van der Waals surface area contributed by atoms with Crippen molar-refractivity contribution in [3.8, 4) is 5.75 Å². The summed E-state index contributed by atoms with van der Waals surface area (Å²) in [6.07, 6.45) is 5.40. The Morgan fingerprint density at radius 1 is 0.875 bits per heavy atom. The first-order valence-corrected chi connectivity index (χ1v) is 8.99. The smallest absolute Gasteiger partial charge is 0.122 e. The summed E-state index contributed by atoms with van der Waals surface area (Å²) in [4.78, 5) is 2.49. The Morgan fingerprint density at radius 3 is 2.25 bits per heavy atom. The molecule has 1 fully saturated rings. The van der Waals surface area contributed by atoms with E-state index in [-0.39, 0.29) is 5.75 Å². The number of aromatic hydroxyl groups is 1. The van der Waals surface area contributed by atoms with Crippen LogP contribution in [0.15, 0.2) is 54.6 Å². The number of piperidine rings is 1. The number of aliphatic hydroxyl groups is 1. The number of hydrogen-bond acceptors (Lipinski definition) is 3. The second-order valence-corrected chi connectivity index (χ2v) is 6.75. The maximum atomic E-state index is 11.5. The molecule has 0 spiro atoms. The highest BCUT2D eigenvalue weighted by molar-refractivity contribution is 5.43. The zero-order chi connectivity index (χ0) is 16.8. The predicted octanol–water partition coefficient (Wildman–Crippen LogP) is 3.89. The van der Waals surface area contributed by atoms with Gasteiger partial charge in [0.05, 0.1) is 0 Å². The van der Waals surface area contributed by atoms with Crippen molar-refractivity contribution in [3.05, 3.63) is 65.7 Å². The highest BCUT2D eigenvalue weighted by atomic mass is 16.3. The Hall–Kier alpha value is -1.84. The minimum Gasteiger partial charge on any atom is -0.508 e. The molecule has 0 saturated carbocycles. The molecule has 1 unspecified atom stereocenters. The third kappa shape index (κ3) is 3.80. The molecule has 0 radical (unpaired) electrons. The number of benzene rings is 2. The van der Waals surface area contributed by atoms with E-state index in [9.17, 15) is 10.2 Å². The average molecular weight is 325 g/mol. The van der Waals surface area contributed by atoms with Gasteiger partial charge in [0.1, 0.15) is 11.4 Å². The van der Waals surface area contributed by atoms with E-state index in [1.165, 1.54) is 32.4 Å². The Bertz CT molecular complexity index is 637. The first-order chi connectivity index (χ1) is 11.7. The van der Waals surface area contributed by atoms with Crippen molar-refractivity contribution in [1.29, 1.82) is 0 Å².